The Labute approximate surface area is 133 Å². The first-order chi connectivity index (χ1) is 11.2. The Hall–Kier alpha value is -2.88. The molecule has 0 bridgehead atoms. The van der Waals surface area contributed by atoms with E-state index in [1.54, 1.807) is 12.1 Å². The van der Waals surface area contributed by atoms with Crippen molar-refractivity contribution in [1.82, 2.24) is 0 Å². The molecule has 0 radical (unpaired) electrons. The average molecular weight is 305 g/mol. The first kappa shape index (κ1) is 13.8. The minimum absolute atomic E-state index is 0.212. The summed E-state index contributed by atoms with van der Waals surface area (Å²) in [5.41, 5.74) is 8.92. The van der Waals surface area contributed by atoms with E-state index in [1.807, 2.05) is 35.2 Å². The van der Waals surface area contributed by atoms with Crippen molar-refractivity contribution in [2.75, 3.05) is 11.4 Å². The summed E-state index contributed by atoms with van der Waals surface area (Å²) >= 11 is 0. The topological polar surface area (TPSA) is 41.6 Å². The SMILES string of the molecule is NC(=Nc1ccc2ccccc2c1)N1CCc2cc(F)ccc21. The molecule has 0 unspecified atom stereocenters. The van der Waals surface area contributed by atoms with Crippen LogP contribution in [0.3, 0.4) is 0 Å². The highest BCUT2D eigenvalue weighted by Gasteiger charge is 2.22. The van der Waals surface area contributed by atoms with Crippen molar-refractivity contribution < 1.29 is 4.39 Å². The fraction of sp³-hybridized carbons (Fsp3) is 0.105. The molecule has 1 heterocycles. The zero-order valence-corrected chi connectivity index (χ0v) is 12.5. The Morgan fingerprint density at radius 2 is 1.83 bits per heavy atom. The lowest BCUT2D eigenvalue weighted by Gasteiger charge is -2.18. The van der Waals surface area contributed by atoms with Gasteiger partial charge in [0.05, 0.1) is 5.69 Å². The normalized spacial score (nSPS) is 14.3. The second-order valence-electron chi connectivity index (χ2n) is 5.68. The molecule has 0 aromatic heterocycles. The molecule has 4 heteroatoms. The maximum atomic E-state index is 13.3. The van der Waals surface area contributed by atoms with Gasteiger partial charge in [0, 0.05) is 12.2 Å². The fourth-order valence-electron chi connectivity index (χ4n) is 3.05. The van der Waals surface area contributed by atoms with E-state index in [1.165, 1.54) is 11.5 Å². The average Bonchev–Trinajstić information content (AvgIpc) is 2.97. The third kappa shape index (κ3) is 2.52. The van der Waals surface area contributed by atoms with Crippen LogP contribution < -0.4 is 10.6 Å². The van der Waals surface area contributed by atoms with Gasteiger partial charge in [0.25, 0.3) is 0 Å². The molecule has 0 atom stereocenters. The summed E-state index contributed by atoms with van der Waals surface area (Å²) in [7, 11) is 0. The standard InChI is InChI=1S/C19H16FN3/c20-16-6-8-18-15(11-16)9-10-23(18)19(21)22-17-7-5-13-3-1-2-4-14(13)12-17/h1-8,11-12H,9-10H2,(H2,21,22). The van der Waals surface area contributed by atoms with Crippen LogP contribution >= 0.6 is 0 Å². The number of aliphatic imine (C=N–C) groups is 1. The van der Waals surface area contributed by atoms with E-state index in [0.29, 0.717) is 5.96 Å². The van der Waals surface area contributed by atoms with Crippen LogP contribution in [0.15, 0.2) is 65.7 Å². The third-order valence-electron chi connectivity index (χ3n) is 4.19. The number of anilines is 1. The van der Waals surface area contributed by atoms with Gasteiger partial charge in [-0.3, -0.25) is 0 Å². The van der Waals surface area contributed by atoms with Gasteiger partial charge in [-0.2, -0.15) is 0 Å². The molecule has 4 rings (SSSR count). The molecule has 3 aromatic carbocycles. The zero-order valence-electron chi connectivity index (χ0n) is 12.5. The van der Waals surface area contributed by atoms with E-state index in [2.05, 4.69) is 17.1 Å². The number of hydrogen-bond acceptors (Lipinski definition) is 1. The molecule has 3 nitrogen and oxygen atoms in total. The van der Waals surface area contributed by atoms with Crippen LogP contribution in [0.25, 0.3) is 10.8 Å². The van der Waals surface area contributed by atoms with Crippen LogP contribution in [0.4, 0.5) is 15.8 Å². The number of guanidine groups is 1. The first-order valence-electron chi connectivity index (χ1n) is 7.60. The summed E-state index contributed by atoms with van der Waals surface area (Å²) in [6.45, 7) is 0.724. The van der Waals surface area contributed by atoms with E-state index in [4.69, 9.17) is 5.73 Å². The quantitative estimate of drug-likeness (QED) is 0.545. The number of benzene rings is 3. The molecule has 3 aromatic rings. The van der Waals surface area contributed by atoms with Gasteiger partial charge in [0.15, 0.2) is 0 Å². The van der Waals surface area contributed by atoms with Crippen molar-refractivity contribution in [3.63, 3.8) is 0 Å². The van der Waals surface area contributed by atoms with Crippen molar-refractivity contribution in [1.29, 1.82) is 0 Å². The second-order valence-corrected chi connectivity index (χ2v) is 5.68. The molecule has 0 saturated heterocycles. The molecule has 0 aliphatic carbocycles. The molecular weight excluding hydrogens is 289 g/mol. The molecule has 114 valence electrons. The first-order valence-corrected chi connectivity index (χ1v) is 7.60. The van der Waals surface area contributed by atoms with Gasteiger partial charge in [-0.25, -0.2) is 9.38 Å². The molecule has 0 amide bonds. The van der Waals surface area contributed by atoms with Gasteiger partial charge in [0.2, 0.25) is 5.96 Å². The maximum Gasteiger partial charge on any atom is 0.201 e. The monoisotopic (exact) mass is 305 g/mol. The van der Waals surface area contributed by atoms with Crippen LogP contribution in [-0.2, 0) is 6.42 Å². The number of nitrogens with zero attached hydrogens (tertiary/aromatic N) is 2. The molecule has 23 heavy (non-hydrogen) atoms. The minimum atomic E-state index is -0.212. The predicted molar refractivity (Wildman–Crippen MR) is 92.7 cm³/mol. The highest BCUT2D eigenvalue weighted by atomic mass is 19.1. The molecule has 0 saturated carbocycles. The van der Waals surface area contributed by atoms with E-state index < -0.39 is 0 Å². The number of hydrogen-bond donors (Lipinski definition) is 1. The van der Waals surface area contributed by atoms with Gasteiger partial charge in [-0.1, -0.05) is 30.3 Å². The van der Waals surface area contributed by atoms with E-state index in [9.17, 15) is 4.39 Å². The van der Waals surface area contributed by atoms with Crippen LogP contribution in [0, 0.1) is 5.82 Å². The number of fused-ring (bicyclic) bond motifs is 2. The van der Waals surface area contributed by atoms with E-state index >= 15 is 0 Å². The van der Waals surface area contributed by atoms with Crippen molar-refractivity contribution >= 4 is 28.1 Å². The molecular formula is C19H16FN3. The summed E-state index contributed by atoms with van der Waals surface area (Å²) in [5.74, 6) is 0.223. The van der Waals surface area contributed by atoms with Crippen LogP contribution in [0.2, 0.25) is 0 Å². The lowest BCUT2D eigenvalue weighted by atomic mass is 10.1. The van der Waals surface area contributed by atoms with Crippen LogP contribution in [-0.4, -0.2) is 12.5 Å². The minimum Gasteiger partial charge on any atom is -0.369 e. The third-order valence-corrected chi connectivity index (χ3v) is 4.19. The molecule has 0 spiro atoms. The summed E-state index contributed by atoms with van der Waals surface area (Å²) in [5, 5.41) is 2.30. The zero-order chi connectivity index (χ0) is 15.8. The molecule has 1 aliphatic rings. The van der Waals surface area contributed by atoms with E-state index in [0.717, 1.165) is 35.3 Å². The number of halogens is 1. The van der Waals surface area contributed by atoms with Crippen LogP contribution in [0.5, 0.6) is 0 Å². The Morgan fingerprint density at radius 1 is 1.00 bits per heavy atom. The van der Waals surface area contributed by atoms with Crippen molar-refractivity contribution in [3.05, 3.63) is 72.0 Å². The number of rotatable bonds is 1. The summed E-state index contributed by atoms with van der Waals surface area (Å²) in [6.07, 6.45) is 0.779. The largest absolute Gasteiger partial charge is 0.369 e. The van der Waals surface area contributed by atoms with E-state index in [-0.39, 0.29) is 5.82 Å². The predicted octanol–water partition coefficient (Wildman–Crippen LogP) is 3.99. The van der Waals surface area contributed by atoms with Gasteiger partial charge in [-0.05, 0) is 53.1 Å². The smallest absolute Gasteiger partial charge is 0.201 e. The summed E-state index contributed by atoms with van der Waals surface area (Å²) < 4.78 is 13.3. The fourth-order valence-corrected chi connectivity index (χ4v) is 3.05. The molecule has 1 aliphatic heterocycles. The van der Waals surface area contributed by atoms with Gasteiger partial charge in [0.1, 0.15) is 5.82 Å². The highest BCUT2D eigenvalue weighted by molar-refractivity contribution is 5.98. The molecule has 0 fully saturated rings. The van der Waals surface area contributed by atoms with Crippen molar-refractivity contribution in [2.45, 2.75) is 6.42 Å². The molecule has 2 N–H and O–H groups in total. The highest BCUT2D eigenvalue weighted by Crippen LogP contribution is 2.29. The van der Waals surface area contributed by atoms with Gasteiger partial charge in [-0.15, -0.1) is 0 Å². The van der Waals surface area contributed by atoms with Gasteiger partial charge < -0.3 is 10.6 Å². The Morgan fingerprint density at radius 3 is 2.70 bits per heavy atom. The van der Waals surface area contributed by atoms with Crippen molar-refractivity contribution in [3.8, 4) is 0 Å². The second kappa shape index (κ2) is 5.39. The Kier molecular flexibility index (Phi) is 3.23. The van der Waals surface area contributed by atoms with Crippen LogP contribution in [0.1, 0.15) is 5.56 Å². The van der Waals surface area contributed by atoms with Gasteiger partial charge >= 0.3 is 0 Å². The lowest BCUT2D eigenvalue weighted by Crippen LogP contribution is -2.35. The Balaban J connectivity index is 1.68. The summed E-state index contributed by atoms with van der Waals surface area (Å²) in [6, 6.07) is 18.9. The maximum absolute atomic E-state index is 13.3. The lowest BCUT2D eigenvalue weighted by molar-refractivity contribution is 0.626. The Bertz CT molecular complexity index is 917. The number of nitrogens with two attached hydrogens (primary N) is 1. The van der Waals surface area contributed by atoms with Crippen molar-refractivity contribution in [2.24, 2.45) is 10.7 Å². The summed E-state index contributed by atoms with van der Waals surface area (Å²) in [4.78, 5) is 6.47.